The summed E-state index contributed by atoms with van der Waals surface area (Å²) in [5, 5.41) is 14.5. The maximum atomic E-state index is 13.6. The maximum Gasteiger partial charge on any atom is 0.244 e. The van der Waals surface area contributed by atoms with Gasteiger partial charge in [0, 0.05) is 6.54 Å². The molecule has 0 aromatic heterocycles. The van der Waals surface area contributed by atoms with E-state index in [1.54, 1.807) is 12.1 Å². The number of aryl methyl sites for hydroxylation is 1. The van der Waals surface area contributed by atoms with Crippen molar-refractivity contribution in [3.8, 4) is 0 Å². The third kappa shape index (κ3) is 2.93. The summed E-state index contributed by atoms with van der Waals surface area (Å²) in [7, 11) is 0. The highest BCUT2D eigenvalue weighted by Gasteiger charge is 2.43. The molecule has 1 saturated carbocycles. The molecular formula is C14H19FN2O2. The molecule has 1 aliphatic rings. The van der Waals surface area contributed by atoms with Crippen LogP contribution < -0.4 is 10.6 Å². The summed E-state index contributed by atoms with van der Waals surface area (Å²) in [6.07, 6.45) is 2.39. The number of anilines is 1. The largest absolute Gasteiger partial charge is 0.395 e. The van der Waals surface area contributed by atoms with Gasteiger partial charge in [-0.1, -0.05) is 6.07 Å². The van der Waals surface area contributed by atoms with E-state index >= 15 is 0 Å². The molecule has 19 heavy (non-hydrogen) atoms. The van der Waals surface area contributed by atoms with Gasteiger partial charge in [-0.25, -0.2) is 4.39 Å². The molecule has 0 saturated heterocycles. The van der Waals surface area contributed by atoms with Crippen LogP contribution in [0.25, 0.3) is 0 Å². The lowest BCUT2D eigenvalue weighted by molar-refractivity contribution is -0.125. The van der Waals surface area contributed by atoms with Crippen LogP contribution >= 0.6 is 0 Å². The van der Waals surface area contributed by atoms with E-state index in [1.165, 1.54) is 6.07 Å². The van der Waals surface area contributed by atoms with Crippen molar-refractivity contribution in [2.24, 2.45) is 0 Å². The standard InChI is InChI=1S/C14H19FN2O2/c1-10-3-4-11(15)12(9-10)17-13(19)14(5-2-6-14)16-7-8-18/h3-4,9,16,18H,2,5-8H2,1H3,(H,17,19). The van der Waals surface area contributed by atoms with E-state index in [2.05, 4.69) is 10.6 Å². The number of carbonyl (C=O) groups excluding carboxylic acids is 1. The second-order valence-electron chi connectivity index (χ2n) is 5.02. The highest BCUT2D eigenvalue weighted by molar-refractivity contribution is 5.99. The first kappa shape index (κ1) is 14.0. The molecule has 1 aromatic rings. The summed E-state index contributed by atoms with van der Waals surface area (Å²) in [5.41, 5.74) is 0.448. The Hall–Kier alpha value is -1.46. The fourth-order valence-corrected chi connectivity index (χ4v) is 2.29. The van der Waals surface area contributed by atoms with Gasteiger partial charge < -0.3 is 15.7 Å². The van der Waals surface area contributed by atoms with Crippen molar-refractivity contribution in [2.45, 2.75) is 31.7 Å². The predicted molar refractivity (Wildman–Crippen MR) is 71.4 cm³/mol. The molecule has 4 nitrogen and oxygen atoms in total. The fraction of sp³-hybridized carbons (Fsp3) is 0.500. The molecule has 3 N–H and O–H groups in total. The van der Waals surface area contributed by atoms with Crippen molar-refractivity contribution in [1.29, 1.82) is 0 Å². The van der Waals surface area contributed by atoms with Crippen LogP contribution in [0.3, 0.4) is 0 Å². The lowest BCUT2D eigenvalue weighted by Crippen LogP contribution is -2.60. The maximum absolute atomic E-state index is 13.6. The van der Waals surface area contributed by atoms with Crippen LogP contribution in [-0.2, 0) is 4.79 Å². The van der Waals surface area contributed by atoms with Gasteiger partial charge in [-0.2, -0.15) is 0 Å². The summed E-state index contributed by atoms with van der Waals surface area (Å²) in [6, 6.07) is 4.62. The minimum Gasteiger partial charge on any atom is -0.395 e. The van der Waals surface area contributed by atoms with Gasteiger partial charge in [-0.15, -0.1) is 0 Å². The zero-order chi connectivity index (χ0) is 13.9. The monoisotopic (exact) mass is 266 g/mol. The van der Waals surface area contributed by atoms with Gasteiger partial charge in [0.25, 0.3) is 0 Å². The van der Waals surface area contributed by atoms with Gasteiger partial charge in [0.15, 0.2) is 0 Å². The topological polar surface area (TPSA) is 61.4 Å². The molecule has 104 valence electrons. The zero-order valence-corrected chi connectivity index (χ0v) is 11.0. The Kier molecular flexibility index (Phi) is 4.17. The molecule has 0 spiro atoms. The average Bonchev–Trinajstić information content (AvgIpc) is 2.33. The highest BCUT2D eigenvalue weighted by Crippen LogP contribution is 2.33. The van der Waals surface area contributed by atoms with Crippen LogP contribution in [0, 0.1) is 12.7 Å². The number of aliphatic hydroxyl groups is 1. The number of carbonyl (C=O) groups is 1. The second-order valence-corrected chi connectivity index (χ2v) is 5.02. The number of hydrogen-bond acceptors (Lipinski definition) is 3. The van der Waals surface area contributed by atoms with Crippen molar-refractivity contribution in [3.63, 3.8) is 0 Å². The van der Waals surface area contributed by atoms with E-state index in [0.717, 1.165) is 12.0 Å². The molecule has 1 fully saturated rings. The molecule has 0 atom stereocenters. The van der Waals surface area contributed by atoms with Gasteiger partial charge in [0.2, 0.25) is 5.91 Å². The van der Waals surface area contributed by atoms with Crippen molar-refractivity contribution in [2.75, 3.05) is 18.5 Å². The van der Waals surface area contributed by atoms with Gasteiger partial charge in [-0.05, 0) is 43.9 Å². The van der Waals surface area contributed by atoms with Crippen molar-refractivity contribution in [1.82, 2.24) is 5.32 Å². The van der Waals surface area contributed by atoms with Crippen LogP contribution in [0.2, 0.25) is 0 Å². The van der Waals surface area contributed by atoms with Crippen LogP contribution in [-0.4, -0.2) is 29.7 Å². The zero-order valence-electron chi connectivity index (χ0n) is 11.0. The number of aliphatic hydroxyl groups excluding tert-OH is 1. The molecule has 1 aromatic carbocycles. The van der Waals surface area contributed by atoms with E-state index in [1.807, 2.05) is 6.92 Å². The molecule has 0 aliphatic heterocycles. The van der Waals surface area contributed by atoms with Crippen molar-refractivity contribution in [3.05, 3.63) is 29.6 Å². The van der Waals surface area contributed by atoms with Gasteiger partial charge >= 0.3 is 0 Å². The smallest absolute Gasteiger partial charge is 0.244 e. The molecular weight excluding hydrogens is 247 g/mol. The molecule has 0 unspecified atom stereocenters. The Bertz CT molecular complexity index is 473. The minimum atomic E-state index is -0.654. The molecule has 1 aliphatic carbocycles. The van der Waals surface area contributed by atoms with Crippen molar-refractivity contribution >= 4 is 11.6 Å². The molecule has 0 radical (unpaired) electrons. The van der Waals surface area contributed by atoms with Gasteiger partial charge in [0.05, 0.1) is 17.8 Å². The van der Waals surface area contributed by atoms with Crippen LogP contribution in [0.5, 0.6) is 0 Å². The summed E-state index contributed by atoms with van der Waals surface area (Å²) in [5.74, 6) is -0.660. The van der Waals surface area contributed by atoms with E-state index in [-0.39, 0.29) is 18.2 Å². The number of β-amino-alcohol motifs (C(OH)–C–C–N with tert-alkyl or cyclic N) is 1. The number of benzene rings is 1. The second kappa shape index (κ2) is 5.67. The Morgan fingerprint density at radius 3 is 2.79 bits per heavy atom. The van der Waals surface area contributed by atoms with E-state index < -0.39 is 11.4 Å². The van der Waals surface area contributed by atoms with Crippen LogP contribution in [0.4, 0.5) is 10.1 Å². The lowest BCUT2D eigenvalue weighted by Gasteiger charge is -2.41. The quantitative estimate of drug-likeness (QED) is 0.758. The first-order valence-corrected chi connectivity index (χ1v) is 6.51. The van der Waals surface area contributed by atoms with Gasteiger partial charge in [0.1, 0.15) is 5.82 Å². The number of hydrogen-bond donors (Lipinski definition) is 3. The lowest BCUT2D eigenvalue weighted by atomic mass is 9.76. The number of halogens is 1. The molecule has 0 bridgehead atoms. The normalized spacial score (nSPS) is 16.8. The Balaban J connectivity index is 2.09. The first-order chi connectivity index (χ1) is 9.07. The van der Waals surface area contributed by atoms with E-state index in [9.17, 15) is 9.18 Å². The van der Waals surface area contributed by atoms with E-state index in [4.69, 9.17) is 5.11 Å². The van der Waals surface area contributed by atoms with Gasteiger partial charge in [-0.3, -0.25) is 4.79 Å². The Morgan fingerprint density at radius 1 is 1.47 bits per heavy atom. The summed E-state index contributed by atoms with van der Waals surface area (Å²) in [6.45, 7) is 2.19. The number of rotatable bonds is 5. The SMILES string of the molecule is Cc1ccc(F)c(NC(=O)C2(NCCO)CCC2)c1. The first-order valence-electron chi connectivity index (χ1n) is 6.51. The Labute approximate surface area is 112 Å². The van der Waals surface area contributed by atoms with Crippen LogP contribution in [0.1, 0.15) is 24.8 Å². The van der Waals surface area contributed by atoms with E-state index in [0.29, 0.717) is 19.4 Å². The predicted octanol–water partition coefficient (Wildman–Crippen LogP) is 1.58. The average molecular weight is 266 g/mol. The number of nitrogens with one attached hydrogen (secondary N) is 2. The van der Waals surface area contributed by atoms with Crippen LogP contribution in [0.15, 0.2) is 18.2 Å². The highest BCUT2D eigenvalue weighted by atomic mass is 19.1. The third-order valence-corrected chi connectivity index (χ3v) is 3.59. The number of amides is 1. The summed E-state index contributed by atoms with van der Waals surface area (Å²) >= 11 is 0. The molecule has 2 rings (SSSR count). The Morgan fingerprint density at radius 2 is 2.21 bits per heavy atom. The third-order valence-electron chi connectivity index (χ3n) is 3.59. The summed E-state index contributed by atoms with van der Waals surface area (Å²) in [4.78, 5) is 12.3. The molecule has 1 amide bonds. The van der Waals surface area contributed by atoms with Crippen molar-refractivity contribution < 1.29 is 14.3 Å². The summed E-state index contributed by atoms with van der Waals surface area (Å²) < 4.78 is 13.6. The minimum absolute atomic E-state index is 0.0200. The molecule has 5 heteroatoms. The molecule has 0 heterocycles. The fourth-order valence-electron chi connectivity index (χ4n) is 2.29.